The number of primary amides is 1. The monoisotopic (exact) mass is 376 g/mol. The molecule has 3 rings (SSSR count). The van der Waals surface area contributed by atoms with Crippen LogP contribution in [0.15, 0.2) is 54.7 Å². The molecule has 0 fully saturated rings. The van der Waals surface area contributed by atoms with Crippen molar-refractivity contribution in [3.8, 4) is 5.75 Å². The summed E-state index contributed by atoms with van der Waals surface area (Å²) in [6, 6.07) is 10.1. The summed E-state index contributed by atoms with van der Waals surface area (Å²) in [6.45, 7) is 0.715. The molecule has 1 atom stereocenters. The van der Waals surface area contributed by atoms with Gasteiger partial charge in [0.25, 0.3) is 0 Å². The molecule has 7 heteroatoms. The molecule has 3 N–H and O–H groups in total. The Morgan fingerprint density at radius 1 is 1.22 bits per heavy atom. The lowest BCUT2D eigenvalue weighted by Crippen LogP contribution is -2.20. The molecule has 1 amide bonds. The third kappa shape index (κ3) is 4.42. The van der Waals surface area contributed by atoms with Crippen LogP contribution >= 0.6 is 0 Å². The molecule has 4 nitrogen and oxygen atoms in total. The number of nitrogens with two attached hydrogens (primary N) is 1. The fourth-order valence-electron chi connectivity index (χ4n) is 3.08. The van der Waals surface area contributed by atoms with Crippen molar-refractivity contribution >= 4 is 5.91 Å². The highest BCUT2D eigenvalue weighted by Crippen LogP contribution is 2.36. The molecule has 1 aliphatic rings. The lowest BCUT2D eigenvalue weighted by molar-refractivity contribution is -0.139. The summed E-state index contributed by atoms with van der Waals surface area (Å²) in [5.41, 5.74) is 6.48. The standard InChI is InChI=1S/C20H19F3N2O2/c21-20(22,23)17-3-1-2-4-18(17)27-12-13-5-6-15(19(24)26)16(11-13)14-7-9-25-10-8-14/h1-7,9,11,14,25H,8,10,12H2,(H2,24,26). The van der Waals surface area contributed by atoms with Gasteiger partial charge in [-0.15, -0.1) is 0 Å². The molecule has 1 unspecified atom stereocenters. The van der Waals surface area contributed by atoms with E-state index in [0.717, 1.165) is 24.6 Å². The third-order valence-corrected chi connectivity index (χ3v) is 4.41. The van der Waals surface area contributed by atoms with Gasteiger partial charge >= 0.3 is 6.18 Å². The largest absolute Gasteiger partial charge is 0.488 e. The van der Waals surface area contributed by atoms with E-state index in [1.54, 1.807) is 18.2 Å². The van der Waals surface area contributed by atoms with E-state index < -0.39 is 17.6 Å². The van der Waals surface area contributed by atoms with E-state index in [9.17, 15) is 18.0 Å². The van der Waals surface area contributed by atoms with Gasteiger partial charge in [0.05, 0.1) is 5.56 Å². The van der Waals surface area contributed by atoms with Crippen LogP contribution in [0.3, 0.4) is 0 Å². The second-order valence-electron chi connectivity index (χ2n) is 6.28. The van der Waals surface area contributed by atoms with Crippen LogP contribution in [0, 0.1) is 0 Å². The molecular formula is C20H19F3N2O2. The number of hydrogen-bond acceptors (Lipinski definition) is 3. The van der Waals surface area contributed by atoms with Crippen LogP contribution in [0.5, 0.6) is 5.75 Å². The molecule has 1 heterocycles. The molecule has 2 aromatic carbocycles. The highest BCUT2D eigenvalue weighted by atomic mass is 19.4. The quantitative estimate of drug-likeness (QED) is 0.830. The number of allylic oxidation sites excluding steroid dienone is 1. The van der Waals surface area contributed by atoms with Gasteiger partial charge in [-0.2, -0.15) is 13.2 Å². The predicted octanol–water partition coefficient (Wildman–Crippen LogP) is 3.97. The molecule has 27 heavy (non-hydrogen) atoms. The van der Waals surface area contributed by atoms with E-state index in [0.29, 0.717) is 11.1 Å². The Hall–Kier alpha value is -2.96. The topological polar surface area (TPSA) is 64.4 Å². The Morgan fingerprint density at radius 3 is 2.67 bits per heavy atom. The first kappa shape index (κ1) is 18.8. The highest BCUT2D eigenvalue weighted by molar-refractivity contribution is 5.94. The minimum absolute atomic E-state index is 0.0103. The van der Waals surface area contributed by atoms with Crippen molar-refractivity contribution in [2.45, 2.75) is 25.1 Å². The fraction of sp³-hybridized carbons (Fsp3) is 0.250. The van der Waals surface area contributed by atoms with Crippen LogP contribution in [-0.4, -0.2) is 12.5 Å². The Bertz CT molecular complexity index is 863. The fourth-order valence-corrected chi connectivity index (χ4v) is 3.08. The summed E-state index contributed by atoms with van der Waals surface area (Å²) in [5, 5.41) is 3.09. The van der Waals surface area contributed by atoms with Gasteiger partial charge in [-0.25, -0.2) is 0 Å². The van der Waals surface area contributed by atoms with E-state index in [4.69, 9.17) is 10.5 Å². The highest BCUT2D eigenvalue weighted by Gasteiger charge is 2.34. The molecule has 0 saturated heterocycles. The van der Waals surface area contributed by atoms with Crippen LogP contribution in [-0.2, 0) is 12.8 Å². The van der Waals surface area contributed by atoms with E-state index in [-0.39, 0.29) is 18.3 Å². The van der Waals surface area contributed by atoms with E-state index in [1.807, 2.05) is 12.3 Å². The number of alkyl halides is 3. The average Bonchev–Trinajstić information content (AvgIpc) is 2.66. The van der Waals surface area contributed by atoms with Gasteiger partial charge < -0.3 is 15.8 Å². The Morgan fingerprint density at radius 2 is 2.00 bits per heavy atom. The molecule has 0 aromatic heterocycles. The van der Waals surface area contributed by atoms with Crippen LogP contribution in [0.1, 0.15) is 39.4 Å². The van der Waals surface area contributed by atoms with Crippen molar-refractivity contribution in [2.24, 2.45) is 5.73 Å². The summed E-state index contributed by atoms with van der Waals surface area (Å²) in [5.74, 6) is -0.754. The molecule has 0 radical (unpaired) electrons. The SMILES string of the molecule is NC(=O)c1ccc(COc2ccccc2C(F)(F)F)cc1C1C=CNCC1. The van der Waals surface area contributed by atoms with Gasteiger partial charge in [-0.1, -0.05) is 30.3 Å². The van der Waals surface area contributed by atoms with Crippen molar-refractivity contribution in [3.05, 3.63) is 77.0 Å². The van der Waals surface area contributed by atoms with Crippen molar-refractivity contribution in [2.75, 3.05) is 6.54 Å². The maximum Gasteiger partial charge on any atom is 0.419 e. The third-order valence-electron chi connectivity index (χ3n) is 4.41. The van der Waals surface area contributed by atoms with Crippen molar-refractivity contribution in [1.29, 1.82) is 0 Å². The summed E-state index contributed by atoms with van der Waals surface area (Å²) in [6.07, 6.45) is 0.0615. The van der Waals surface area contributed by atoms with Crippen LogP contribution in [0.4, 0.5) is 13.2 Å². The molecule has 0 spiro atoms. The van der Waals surface area contributed by atoms with Crippen LogP contribution < -0.4 is 15.8 Å². The van der Waals surface area contributed by atoms with Gasteiger partial charge in [-0.05, 0) is 41.9 Å². The zero-order chi connectivity index (χ0) is 19.4. The summed E-state index contributed by atoms with van der Waals surface area (Å²) < 4.78 is 44.7. The molecule has 0 bridgehead atoms. The second-order valence-corrected chi connectivity index (χ2v) is 6.28. The Kier molecular flexibility index (Phi) is 5.39. The molecule has 2 aromatic rings. The van der Waals surface area contributed by atoms with Crippen molar-refractivity contribution < 1.29 is 22.7 Å². The first-order chi connectivity index (χ1) is 12.9. The lowest BCUT2D eigenvalue weighted by Gasteiger charge is -2.21. The number of nitrogens with one attached hydrogen (secondary N) is 1. The average molecular weight is 376 g/mol. The number of benzene rings is 2. The molecular weight excluding hydrogens is 357 g/mol. The normalized spacial score (nSPS) is 16.6. The number of hydrogen-bond donors (Lipinski definition) is 2. The maximum atomic E-state index is 13.1. The van der Waals surface area contributed by atoms with E-state index >= 15 is 0 Å². The number of amides is 1. The summed E-state index contributed by atoms with van der Waals surface area (Å²) >= 11 is 0. The zero-order valence-electron chi connectivity index (χ0n) is 14.4. The van der Waals surface area contributed by atoms with Gasteiger partial charge in [0, 0.05) is 18.0 Å². The van der Waals surface area contributed by atoms with Gasteiger partial charge in [0.1, 0.15) is 12.4 Å². The molecule has 0 saturated carbocycles. The molecule has 1 aliphatic heterocycles. The number of para-hydroxylation sites is 1. The number of carbonyl (C=O) groups excluding carboxylic acids is 1. The molecule has 142 valence electrons. The second kappa shape index (κ2) is 7.73. The van der Waals surface area contributed by atoms with Gasteiger partial charge in [0.2, 0.25) is 5.91 Å². The number of ether oxygens (including phenoxy) is 1. The van der Waals surface area contributed by atoms with Gasteiger partial charge in [0.15, 0.2) is 0 Å². The van der Waals surface area contributed by atoms with Crippen LogP contribution in [0.2, 0.25) is 0 Å². The predicted molar refractivity (Wildman–Crippen MR) is 95.2 cm³/mol. The Balaban J connectivity index is 1.85. The minimum atomic E-state index is -4.49. The van der Waals surface area contributed by atoms with Crippen molar-refractivity contribution in [3.63, 3.8) is 0 Å². The van der Waals surface area contributed by atoms with Crippen LogP contribution in [0.25, 0.3) is 0 Å². The van der Waals surface area contributed by atoms with E-state index in [1.165, 1.54) is 18.2 Å². The zero-order valence-corrected chi connectivity index (χ0v) is 14.4. The smallest absolute Gasteiger partial charge is 0.419 e. The minimum Gasteiger partial charge on any atom is -0.488 e. The summed E-state index contributed by atoms with van der Waals surface area (Å²) in [7, 11) is 0. The number of carbonyl (C=O) groups is 1. The first-order valence-electron chi connectivity index (χ1n) is 8.48. The Labute approximate surface area is 154 Å². The number of rotatable bonds is 5. The van der Waals surface area contributed by atoms with Gasteiger partial charge in [-0.3, -0.25) is 4.79 Å². The van der Waals surface area contributed by atoms with E-state index in [2.05, 4.69) is 5.32 Å². The first-order valence-corrected chi connectivity index (χ1v) is 8.48. The number of halogens is 3. The summed E-state index contributed by atoms with van der Waals surface area (Å²) in [4.78, 5) is 11.7. The molecule has 0 aliphatic carbocycles. The van der Waals surface area contributed by atoms with Crippen molar-refractivity contribution in [1.82, 2.24) is 5.32 Å². The maximum absolute atomic E-state index is 13.1. The lowest BCUT2D eigenvalue weighted by atomic mass is 9.88.